The summed E-state index contributed by atoms with van der Waals surface area (Å²) < 4.78 is 24.1. The van der Waals surface area contributed by atoms with Gasteiger partial charge < -0.3 is 5.32 Å². The van der Waals surface area contributed by atoms with Crippen molar-refractivity contribution >= 4 is 21.4 Å². The van der Waals surface area contributed by atoms with Gasteiger partial charge in [0.25, 0.3) is 10.0 Å². The minimum absolute atomic E-state index is 0.175. The van der Waals surface area contributed by atoms with Crippen LogP contribution < -0.4 is 10.1 Å². The lowest BCUT2D eigenvalue weighted by molar-refractivity contribution is -0.386. The zero-order valence-electron chi connectivity index (χ0n) is 10.9. The fraction of sp³-hybridized carbons (Fsp3) is 0.400. The predicted molar refractivity (Wildman–Crippen MR) is 71.3 cm³/mol. The first-order valence-electron chi connectivity index (χ1n) is 5.50. The highest BCUT2D eigenvalue weighted by molar-refractivity contribution is 7.89. The van der Waals surface area contributed by atoms with Crippen LogP contribution in [0.5, 0.6) is 0 Å². The van der Waals surface area contributed by atoms with E-state index in [1.807, 2.05) is 0 Å². The van der Waals surface area contributed by atoms with Crippen LogP contribution in [0, 0.1) is 10.1 Å². The molecule has 0 aliphatic carbocycles. The molecule has 0 aromatic heterocycles. The summed E-state index contributed by atoms with van der Waals surface area (Å²) in [6.07, 6.45) is 0. The summed E-state index contributed by atoms with van der Waals surface area (Å²) in [6.45, 7) is 2.22. The number of anilines is 1. The molecular weight excluding hydrogens is 272 g/mol. The topological polar surface area (TPSA) is 105 Å². The Morgan fingerprint density at radius 3 is 2.47 bits per heavy atom. The molecule has 19 heavy (non-hydrogen) atoms. The van der Waals surface area contributed by atoms with Gasteiger partial charge >= 0.3 is 5.69 Å². The first-order valence-corrected chi connectivity index (χ1v) is 6.99. The zero-order chi connectivity index (χ0) is 14.6. The number of benzene rings is 1. The molecule has 106 valence electrons. The third kappa shape index (κ3) is 3.63. The Bertz CT molecular complexity index is 571. The van der Waals surface area contributed by atoms with Crippen LogP contribution in [0.4, 0.5) is 11.4 Å². The Morgan fingerprint density at radius 1 is 1.37 bits per heavy atom. The summed E-state index contributed by atoms with van der Waals surface area (Å²) in [7, 11) is -1.01. The smallest absolute Gasteiger partial charge is 0.312 e. The third-order valence-electron chi connectivity index (χ3n) is 2.14. The highest BCUT2D eigenvalue weighted by atomic mass is 32.2. The fourth-order valence-electron chi connectivity index (χ4n) is 1.55. The summed E-state index contributed by atoms with van der Waals surface area (Å²) in [5.41, 5.74) is -0.284. The lowest BCUT2D eigenvalue weighted by Gasteiger charge is -2.14. The summed E-state index contributed by atoms with van der Waals surface area (Å²) in [6, 6.07) is 4.12. The van der Waals surface area contributed by atoms with Gasteiger partial charge in [-0.05, 0) is 19.1 Å². The number of nitro groups is 1. The largest absolute Gasteiger partial charge is 0.380 e. The summed E-state index contributed by atoms with van der Waals surface area (Å²) in [5, 5.41) is 15.1. The molecule has 0 bridgehead atoms. The second-order valence-corrected chi connectivity index (χ2v) is 5.56. The Balaban J connectivity index is 3.43. The van der Waals surface area contributed by atoms with E-state index in [1.165, 1.54) is 37.3 Å². The van der Waals surface area contributed by atoms with E-state index in [4.69, 9.17) is 0 Å². The monoisotopic (exact) mass is 288 g/mol. The molecule has 1 aromatic carbocycles. The van der Waals surface area contributed by atoms with Crippen LogP contribution in [0.25, 0.3) is 0 Å². The van der Waals surface area contributed by atoms with Crippen LogP contribution in [-0.4, -0.2) is 39.0 Å². The molecule has 8 nitrogen and oxygen atoms in total. The zero-order valence-corrected chi connectivity index (χ0v) is 11.7. The van der Waals surface area contributed by atoms with Gasteiger partial charge in [-0.2, -0.15) is 0 Å². The molecule has 1 aromatic rings. The molecule has 0 saturated heterocycles. The molecule has 0 aliphatic heterocycles. The lowest BCUT2D eigenvalue weighted by atomic mass is 10.2. The van der Waals surface area contributed by atoms with Crippen molar-refractivity contribution in [3.63, 3.8) is 0 Å². The van der Waals surface area contributed by atoms with E-state index in [9.17, 15) is 18.5 Å². The third-order valence-corrected chi connectivity index (χ3v) is 3.66. The molecule has 0 spiro atoms. The lowest BCUT2D eigenvalue weighted by Crippen LogP contribution is -2.36. The maximum atomic E-state index is 12.0. The first-order chi connectivity index (χ1) is 8.79. The quantitative estimate of drug-likeness (QED) is 0.592. The number of hydrazine groups is 1. The van der Waals surface area contributed by atoms with Crippen LogP contribution in [0.1, 0.15) is 6.92 Å². The average molecular weight is 288 g/mol. The Kier molecular flexibility index (Phi) is 4.81. The van der Waals surface area contributed by atoms with Crippen molar-refractivity contribution in [3.05, 3.63) is 28.3 Å². The molecule has 1 rings (SSSR count). The number of hydrogen-bond acceptors (Lipinski definition) is 6. The molecule has 9 heteroatoms. The number of rotatable bonds is 6. The molecule has 0 fully saturated rings. The number of hydrogen-bond donors (Lipinski definition) is 2. The SMILES string of the molecule is CCNc1cccc(S(=O)(=O)NN(C)C)c1[N+](=O)[O-]. The van der Waals surface area contributed by atoms with E-state index < -0.39 is 20.6 Å². The van der Waals surface area contributed by atoms with E-state index >= 15 is 0 Å². The van der Waals surface area contributed by atoms with E-state index in [0.717, 1.165) is 0 Å². The maximum Gasteiger partial charge on any atom is 0.312 e. The second kappa shape index (κ2) is 5.95. The van der Waals surface area contributed by atoms with Gasteiger partial charge in [-0.1, -0.05) is 6.07 Å². The molecule has 0 unspecified atom stereocenters. The number of nitrogens with zero attached hydrogens (tertiary/aromatic N) is 2. The van der Waals surface area contributed by atoms with Gasteiger partial charge in [0, 0.05) is 20.6 Å². The highest BCUT2D eigenvalue weighted by Gasteiger charge is 2.29. The van der Waals surface area contributed by atoms with Crippen LogP contribution in [0.15, 0.2) is 23.1 Å². The Hall–Kier alpha value is -1.71. The van der Waals surface area contributed by atoms with Crippen molar-refractivity contribution in [2.75, 3.05) is 26.0 Å². The van der Waals surface area contributed by atoms with Crippen molar-refractivity contribution in [3.8, 4) is 0 Å². The van der Waals surface area contributed by atoms with Crippen molar-refractivity contribution in [1.29, 1.82) is 0 Å². The van der Waals surface area contributed by atoms with E-state index in [2.05, 4.69) is 10.1 Å². The van der Waals surface area contributed by atoms with Crippen LogP contribution in [0.2, 0.25) is 0 Å². The van der Waals surface area contributed by atoms with Gasteiger partial charge in [0.2, 0.25) is 0 Å². The van der Waals surface area contributed by atoms with Gasteiger partial charge in [0.1, 0.15) is 5.69 Å². The minimum Gasteiger partial charge on any atom is -0.380 e. The summed E-state index contributed by atoms with van der Waals surface area (Å²) >= 11 is 0. The van der Waals surface area contributed by atoms with Crippen molar-refractivity contribution < 1.29 is 13.3 Å². The Labute approximate surface area is 111 Å². The number of para-hydroxylation sites is 1. The second-order valence-electron chi connectivity index (χ2n) is 3.93. The predicted octanol–water partition coefficient (Wildman–Crippen LogP) is 0.781. The molecule has 0 amide bonds. The minimum atomic E-state index is -3.98. The highest BCUT2D eigenvalue weighted by Crippen LogP contribution is 2.31. The molecule has 2 N–H and O–H groups in total. The van der Waals surface area contributed by atoms with Crippen LogP contribution >= 0.6 is 0 Å². The average Bonchev–Trinajstić information content (AvgIpc) is 2.27. The van der Waals surface area contributed by atoms with Gasteiger partial charge in [-0.25, -0.2) is 13.4 Å². The van der Waals surface area contributed by atoms with E-state index in [1.54, 1.807) is 6.92 Å². The summed E-state index contributed by atoms with van der Waals surface area (Å²) in [5.74, 6) is 0. The maximum absolute atomic E-state index is 12.0. The fourth-order valence-corrected chi connectivity index (χ4v) is 2.83. The van der Waals surface area contributed by atoms with Gasteiger partial charge in [-0.15, -0.1) is 4.83 Å². The van der Waals surface area contributed by atoms with Gasteiger partial charge in [0.05, 0.1) is 4.92 Å². The van der Waals surface area contributed by atoms with Crippen molar-refractivity contribution in [1.82, 2.24) is 9.84 Å². The number of sulfonamides is 1. The normalized spacial score (nSPS) is 11.6. The first kappa shape index (κ1) is 15.3. The molecule has 0 radical (unpaired) electrons. The molecule has 0 saturated carbocycles. The number of nitrogens with one attached hydrogen (secondary N) is 2. The Morgan fingerprint density at radius 2 is 2.00 bits per heavy atom. The van der Waals surface area contributed by atoms with Crippen LogP contribution in [-0.2, 0) is 10.0 Å². The van der Waals surface area contributed by atoms with Crippen molar-refractivity contribution in [2.45, 2.75) is 11.8 Å². The molecule has 0 aliphatic rings. The van der Waals surface area contributed by atoms with Crippen molar-refractivity contribution in [2.24, 2.45) is 0 Å². The summed E-state index contributed by atoms with van der Waals surface area (Å²) in [4.78, 5) is 12.2. The van der Waals surface area contributed by atoms with E-state index in [-0.39, 0.29) is 10.6 Å². The standard InChI is InChI=1S/C10H16N4O4S/c1-4-11-8-6-5-7-9(10(8)14(15)16)19(17,18)12-13(2)3/h5-7,11-12H,4H2,1-3H3. The molecular formula is C10H16N4O4S. The molecule has 0 heterocycles. The van der Waals surface area contributed by atoms with Gasteiger partial charge in [0.15, 0.2) is 4.90 Å². The van der Waals surface area contributed by atoms with Crippen LogP contribution in [0.3, 0.4) is 0 Å². The molecule has 0 atom stereocenters. The number of nitro benzene ring substituents is 1. The van der Waals surface area contributed by atoms with E-state index in [0.29, 0.717) is 6.54 Å². The van der Waals surface area contributed by atoms with Gasteiger partial charge in [-0.3, -0.25) is 10.1 Å².